The highest BCUT2D eigenvalue weighted by Crippen LogP contribution is 2.38. The van der Waals surface area contributed by atoms with Crippen LogP contribution in [-0.2, 0) is 14.0 Å². The van der Waals surface area contributed by atoms with Crippen LogP contribution in [0.15, 0.2) is 12.4 Å². The molecule has 2 fully saturated rings. The van der Waals surface area contributed by atoms with Gasteiger partial charge in [-0.05, 0) is 47.0 Å². The molecule has 0 N–H and O–H groups in total. The van der Waals surface area contributed by atoms with Crippen LogP contribution in [0.5, 0.6) is 5.75 Å². The van der Waals surface area contributed by atoms with Crippen LogP contribution in [0.2, 0.25) is 0 Å². The molecule has 2 aromatic heterocycles. The molecule has 2 saturated heterocycles. The zero-order valence-electron chi connectivity index (χ0n) is 16.1. The quantitative estimate of drug-likeness (QED) is 0.785. The molecule has 4 heterocycles. The van der Waals surface area contributed by atoms with E-state index in [4.69, 9.17) is 18.8 Å². The molecule has 4 rings (SSSR count). The van der Waals surface area contributed by atoms with Gasteiger partial charge in [0.25, 0.3) is 0 Å². The van der Waals surface area contributed by atoms with Crippen molar-refractivity contribution in [1.29, 1.82) is 0 Å². The predicted octanol–water partition coefficient (Wildman–Crippen LogP) is 2.44. The summed E-state index contributed by atoms with van der Waals surface area (Å²) in [5, 5.41) is 5.36. The average Bonchev–Trinajstić information content (AvgIpc) is 3.13. The molecule has 2 aromatic rings. The van der Waals surface area contributed by atoms with Gasteiger partial charge in [0.05, 0.1) is 29.9 Å². The molecule has 0 saturated carbocycles. The molecule has 0 bridgehead atoms. The van der Waals surface area contributed by atoms with Crippen LogP contribution < -0.4 is 10.2 Å². The Morgan fingerprint density at radius 3 is 2.50 bits per heavy atom. The van der Waals surface area contributed by atoms with Gasteiger partial charge in [0.15, 0.2) is 11.9 Å². The highest BCUT2D eigenvalue weighted by atomic mass is 16.7. The first-order valence-corrected chi connectivity index (χ1v) is 9.21. The molecule has 0 amide bonds. The van der Waals surface area contributed by atoms with Gasteiger partial charge in [-0.3, -0.25) is 0 Å². The summed E-state index contributed by atoms with van der Waals surface area (Å²) in [5.74, 6) is 0.690. The van der Waals surface area contributed by atoms with Crippen molar-refractivity contribution in [2.75, 3.05) is 13.7 Å². The maximum absolute atomic E-state index is 6.17. The number of pyridine rings is 1. The van der Waals surface area contributed by atoms with Crippen LogP contribution >= 0.6 is 0 Å². The average molecular weight is 359 g/mol. The third kappa shape index (κ3) is 2.71. The number of nitrogens with zero attached hydrogens (tertiary/aromatic N) is 3. The fourth-order valence-corrected chi connectivity index (χ4v) is 3.48. The van der Waals surface area contributed by atoms with Gasteiger partial charge in [-0.1, -0.05) is 0 Å². The normalized spacial score (nSPS) is 25.0. The molecule has 0 aromatic carbocycles. The molecular weight excluding hydrogens is 333 g/mol. The van der Waals surface area contributed by atoms with Gasteiger partial charge in [0, 0.05) is 18.3 Å². The molecule has 140 valence electrons. The number of aromatic nitrogens is 3. The second-order valence-corrected chi connectivity index (χ2v) is 7.98. The van der Waals surface area contributed by atoms with Gasteiger partial charge in [-0.15, -0.1) is 0 Å². The van der Waals surface area contributed by atoms with E-state index in [1.807, 2.05) is 32.4 Å². The molecule has 7 nitrogen and oxygen atoms in total. The first-order valence-electron chi connectivity index (χ1n) is 9.21. The highest BCUT2D eigenvalue weighted by Gasteiger charge is 2.52. The summed E-state index contributed by atoms with van der Waals surface area (Å²) < 4.78 is 25.8. The Bertz CT molecular complexity index is 798. The lowest BCUT2D eigenvalue weighted by atomic mass is 9.79. The Morgan fingerprint density at radius 1 is 1.15 bits per heavy atom. The predicted molar refractivity (Wildman–Crippen MR) is 98.6 cm³/mol. The molecule has 8 heteroatoms. The summed E-state index contributed by atoms with van der Waals surface area (Å²) in [6.07, 6.45) is 6.66. The van der Waals surface area contributed by atoms with E-state index in [1.54, 1.807) is 19.5 Å². The zero-order chi connectivity index (χ0) is 18.5. The molecule has 0 spiro atoms. The number of fused-ring (bicyclic) bond motifs is 1. The molecule has 0 radical (unpaired) electrons. The fourth-order valence-electron chi connectivity index (χ4n) is 3.48. The molecule has 1 unspecified atom stereocenters. The fraction of sp³-hybridized carbons (Fsp3) is 0.667. The van der Waals surface area contributed by atoms with Gasteiger partial charge in [-0.25, -0.2) is 9.67 Å². The smallest absolute Gasteiger partial charge is 0.496 e. The van der Waals surface area contributed by atoms with Crippen LogP contribution in [-0.4, -0.2) is 46.8 Å². The van der Waals surface area contributed by atoms with Crippen molar-refractivity contribution in [3.63, 3.8) is 0 Å². The minimum Gasteiger partial charge on any atom is -0.496 e. The van der Waals surface area contributed by atoms with Crippen LogP contribution in [0, 0.1) is 0 Å². The van der Waals surface area contributed by atoms with Gasteiger partial charge in [-0.2, -0.15) is 5.10 Å². The van der Waals surface area contributed by atoms with Crippen molar-refractivity contribution >= 4 is 23.6 Å². The van der Waals surface area contributed by atoms with E-state index in [-0.39, 0.29) is 6.23 Å². The summed E-state index contributed by atoms with van der Waals surface area (Å²) in [6, 6.07) is 0. The maximum atomic E-state index is 6.17. The summed E-state index contributed by atoms with van der Waals surface area (Å²) >= 11 is 0. The van der Waals surface area contributed by atoms with Crippen molar-refractivity contribution in [3.05, 3.63) is 12.4 Å². The van der Waals surface area contributed by atoms with E-state index in [9.17, 15) is 0 Å². The van der Waals surface area contributed by atoms with E-state index >= 15 is 0 Å². The number of hydrogen-bond donors (Lipinski definition) is 0. The van der Waals surface area contributed by atoms with E-state index in [0.29, 0.717) is 5.75 Å². The number of hydrogen-bond acceptors (Lipinski definition) is 6. The van der Waals surface area contributed by atoms with Crippen LogP contribution in [0.3, 0.4) is 0 Å². The molecule has 2 aliphatic rings. The molecule has 26 heavy (non-hydrogen) atoms. The Labute approximate surface area is 154 Å². The third-order valence-corrected chi connectivity index (χ3v) is 5.74. The van der Waals surface area contributed by atoms with Crippen molar-refractivity contribution in [2.24, 2.45) is 0 Å². The minimum atomic E-state index is -0.527. The SMILES string of the molecule is COc1c(B2OC(C)(C)C(C)(C)O2)cnc2c1cnn2C1CCCCO1. The summed E-state index contributed by atoms with van der Waals surface area (Å²) in [6.45, 7) is 8.89. The summed E-state index contributed by atoms with van der Waals surface area (Å²) in [4.78, 5) is 4.65. The van der Waals surface area contributed by atoms with E-state index in [2.05, 4.69) is 10.1 Å². The van der Waals surface area contributed by atoms with Gasteiger partial charge in [0.1, 0.15) is 5.75 Å². The topological polar surface area (TPSA) is 67.6 Å². The zero-order valence-corrected chi connectivity index (χ0v) is 16.1. The van der Waals surface area contributed by atoms with E-state index < -0.39 is 18.3 Å². The monoisotopic (exact) mass is 359 g/mol. The second kappa shape index (κ2) is 6.21. The lowest BCUT2D eigenvalue weighted by molar-refractivity contribution is -0.0370. The molecule has 0 aliphatic carbocycles. The van der Waals surface area contributed by atoms with Crippen molar-refractivity contribution in [2.45, 2.75) is 64.4 Å². The van der Waals surface area contributed by atoms with E-state index in [0.717, 1.165) is 42.4 Å². The lowest BCUT2D eigenvalue weighted by Crippen LogP contribution is -2.41. The Kier molecular flexibility index (Phi) is 4.25. The third-order valence-electron chi connectivity index (χ3n) is 5.74. The maximum Gasteiger partial charge on any atom is 0.500 e. The first-order chi connectivity index (χ1) is 12.3. The first kappa shape index (κ1) is 17.8. The minimum absolute atomic E-state index is 0.0684. The van der Waals surface area contributed by atoms with Gasteiger partial charge in [0.2, 0.25) is 0 Å². The van der Waals surface area contributed by atoms with Crippen LogP contribution in [0.25, 0.3) is 11.0 Å². The largest absolute Gasteiger partial charge is 0.500 e. The van der Waals surface area contributed by atoms with Crippen LogP contribution in [0.1, 0.15) is 53.2 Å². The highest BCUT2D eigenvalue weighted by molar-refractivity contribution is 6.63. The lowest BCUT2D eigenvalue weighted by Gasteiger charge is -2.32. The number of methoxy groups -OCH3 is 1. The standard InChI is InChI=1S/C18H26BN3O4/c1-17(2)18(3,4)26-19(25-17)13-11-20-16-12(15(13)23-5)10-21-22(16)14-8-6-7-9-24-14/h10-11,14H,6-9H2,1-5H3. The van der Waals surface area contributed by atoms with Crippen molar-refractivity contribution in [1.82, 2.24) is 14.8 Å². The van der Waals surface area contributed by atoms with Crippen molar-refractivity contribution < 1.29 is 18.8 Å². The van der Waals surface area contributed by atoms with Crippen molar-refractivity contribution in [3.8, 4) is 5.75 Å². The summed E-state index contributed by atoms with van der Waals surface area (Å²) in [7, 11) is 1.12. The Morgan fingerprint density at radius 2 is 1.88 bits per heavy atom. The Hall–Kier alpha value is -1.64. The van der Waals surface area contributed by atoms with Gasteiger partial charge < -0.3 is 18.8 Å². The van der Waals surface area contributed by atoms with Gasteiger partial charge >= 0.3 is 7.12 Å². The molecule has 1 atom stereocenters. The second-order valence-electron chi connectivity index (χ2n) is 7.98. The molecular formula is C18H26BN3O4. The van der Waals surface area contributed by atoms with Crippen LogP contribution in [0.4, 0.5) is 0 Å². The molecule has 2 aliphatic heterocycles. The number of ether oxygens (including phenoxy) is 2. The summed E-state index contributed by atoms with van der Waals surface area (Å²) in [5.41, 5.74) is 0.701. The van der Waals surface area contributed by atoms with E-state index in [1.165, 1.54) is 0 Å². The Balaban J connectivity index is 1.74. The number of rotatable bonds is 3.